The minimum atomic E-state index is -2.31. The summed E-state index contributed by atoms with van der Waals surface area (Å²) in [6.45, 7) is 16.0. The molecule has 0 unspecified atom stereocenters. The van der Waals surface area contributed by atoms with E-state index in [2.05, 4.69) is 161 Å². The number of hydrogen-bond donors (Lipinski definition) is 0. The van der Waals surface area contributed by atoms with Crippen LogP contribution in [0, 0.1) is 0 Å². The van der Waals surface area contributed by atoms with E-state index in [1.54, 1.807) is 20.7 Å². The maximum Gasteiger partial charge on any atom is 0.112 e. The van der Waals surface area contributed by atoms with Crippen molar-refractivity contribution in [1.82, 2.24) is 0 Å². The molecule has 0 atom stereocenters. The van der Waals surface area contributed by atoms with Crippen molar-refractivity contribution in [3.05, 3.63) is 121 Å². The first kappa shape index (κ1) is 24.9. The normalized spacial score (nSPS) is 13.0. The number of hydrogen-bond acceptors (Lipinski definition) is 0. The minimum absolute atomic E-state index is 1.64. The quantitative estimate of drug-likeness (QED) is 0.291. The summed E-state index contributed by atoms with van der Waals surface area (Å²) in [6, 6.07) is 47.0. The lowest BCUT2D eigenvalue weighted by Gasteiger charge is -2.60. The fraction of sp³-hybridized carbons (Fsp3) is 0.200. The van der Waals surface area contributed by atoms with Gasteiger partial charge in [-0.1, -0.05) is 181 Å². The van der Waals surface area contributed by atoms with Crippen molar-refractivity contribution in [2.75, 3.05) is 0 Å². The topological polar surface area (TPSA) is 0 Å². The van der Waals surface area contributed by atoms with Crippen LogP contribution in [0.1, 0.15) is 0 Å². The van der Waals surface area contributed by atoms with E-state index < -0.39 is 29.4 Å². The van der Waals surface area contributed by atoms with Crippen LogP contribution in [0.3, 0.4) is 0 Å². The van der Waals surface area contributed by atoms with E-state index in [1.165, 1.54) is 0 Å². The summed E-state index contributed by atoms with van der Waals surface area (Å²) in [5.74, 6) is 0. The number of benzene rings is 4. The Morgan fingerprint density at radius 3 is 0.618 bits per heavy atom. The van der Waals surface area contributed by atoms with E-state index in [0.717, 1.165) is 0 Å². The van der Waals surface area contributed by atoms with Gasteiger partial charge in [0.1, 0.15) is 14.2 Å². The van der Waals surface area contributed by atoms with E-state index in [9.17, 15) is 0 Å². The average molecular weight is 511 g/mol. The molecule has 0 spiro atoms. The van der Waals surface area contributed by atoms with Crippen LogP contribution in [0.25, 0.3) is 0 Å². The highest BCUT2D eigenvalue weighted by atomic mass is 29.8. The van der Waals surface area contributed by atoms with Crippen molar-refractivity contribution < 1.29 is 0 Å². The molecule has 0 radical (unpaired) electrons. The van der Waals surface area contributed by atoms with Crippen molar-refractivity contribution >= 4 is 50.1 Å². The zero-order chi connectivity index (χ0) is 24.5. The van der Waals surface area contributed by atoms with E-state index in [-0.39, 0.29) is 0 Å². The van der Waals surface area contributed by atoms with Gasteiger partial charge < -0.3 is 0 Å². The summed E-state index contributed by atoms with van der Waals surface area (Å²) < 4.78 is 0. The molecule has 0 aliphatic carbocycles. The van der Waals surface area contributed by atoms with E-state index in [1.807, 2.05) is 0 Å². The molecule has 0 aromatic heterocycles. The third-order valence-electron chi connectivity index (χ3n) is 7.64. The Kier molecular flexibility index (Phi) is 6.89. The molecule has 0 saturated heterocycles. The third kappa shape index (κ3) is 3.77. The fourth-order valence-electron chi connectivity index (χ4n) is 6.81. The molecule has 0 aliphatic heterocycles. The van der Waals surface area contributed by atoms with Crippen LogP contribution >= 0.6 is 0 Å². The van der Waals surface area contributed by atoms with E-state index >= 15 is 0 Å². The second-order valence-electron chi connectivity index (χ2n) is 11.5. The van der Waals surface area contributed by atoms with Crippen molar-refractivity contribution in [2.45, 2.75) is 39.3 Å². The zero-order valence-corrected chi connectivity index (χ0v) is 25.5. The Labute approximate surface area is 210 Å². The molecule has 0 nitrogen and oxygen atoms in total. The van der Waals surface area contributed by atoms with E-state index in [0.29, 0.717) is 0 Å². The molecule has 0 bridgehead atoms. The Balaban J connectivity index is 2.36. The first-order valence-corrected chi connectivity index (χ1v) is 26.4. The van der Waals surface area contributed by atoms with Crippen molar-refractivity contribution in [2.24, 2.45) is 0 Å². The second kappa shape index (κ2) is 9.42. The second-order valence-corrected chi connectivity index (χ2v) is 46.8. The average Bonchev–Trinajstić information content (AvgIpc) is 2.83. The Morgan fingerprint density at radius 1 is 0.294 bits per heavy atom. The summed E-state index contributed by atoms with van der Waals surface area (Å²) in [7, 11) is -8.20. The minimum Gasteiger partial charge on any atom is -0.0710 e. The lowest BCUT2D eigenvalue weighted by atomic mass is 10.4. The van der Waals surface area contributed by atoms with Crippen LogP contribution in [0.5, 0.6) is 0 Å². The molecular formula is C30H38Si4. The lowest BCUT2D eigenvalue weighted by molar-refractivity contribution is 1.68. The summed E-state index contributed by atoms with van der Waals surface area (Å²) >= 11 is 0. The Bertz CT molecular complexity index is 1010. The largest absolute Gasteiger partial charge is 0.112 e. The molecule has 0 saturated carbocycles. The molecule has 4 rings (SSSR count). The smallest absolute Gasteiger partial charge is 0.0710 e. The van der Waals surface area contributed by atoms with Crippen LogP contribution in [-0.2, 0) is 0 Å². The molecule has 0 amide bonds. The van der Waals surface area contributed by atoms with Crippen molar-refractivity contribution in [3.63, 3.8) is 0 Å². The van der Waals surface area contributed by atoms with Crippen molar-refractivity contribution in [3.8, 4) is 0 Å². The molecule has 4 heteroatoms. The Hall–Kier alpha value is -2.25. The standard InChI is InChI=1S/C30H38Si4/c1-31(2,3)33(27-19-11-7-12-20-27,28-21-13-8-14-22-28)34(32(4,5)6,29-23-15-9-16-24-29)30-25-17-10-18-26-30/h7-26H,1-6H3. The van der Waals surface area contributed by atoms with Gasteiger partial charge in [-0.05, 0) is 0 Å². The first-order chi connectivity index (χ1) is 16.2. The van der Waals surface area contributed by atoms with Gasteiger partial charge in [0.05, 0.1) is 0 Å². The molecular weight excluding hydrogens is 473 g/mol. The molecule has 0 fully saturated rings. The highest BCUT2D eigenvalue weighted by Gasteiger charge is 2.69. The summed E-state index contributed by atoms with van der Waals surface area (Å²) in [5, 5.41) is 6.56. The maximum atomic E-state index is 2.67. The van der Waals surface area contributed by atoms with Crippen LogP contribution in [0.2, 0.25) is 39.3 Å². The van der Waals surface area contributed by atoms with Crippen molar-refractivity contribution in [1.29, 1.82) is 0 Å². The Morgan fingerprint density at radius 2 is 0.471 bits per heavy atom. The van der Waals surface area contributed by atoms with Gasteiger partial charge in [-0.25, -0.2) is 0 Å². The van der Waals surface area contributed by atoms with Crippen LogP contribution in [0.15, 0.2) is 121 Å². The maximum absolute atomic E-state index is 2.67. The molecule has 0 heterocycles. The molecule has 4 aromatic rings. The third-order valence-corrected chi connectivity index (χ3v) is 64.4. The zero-order valence-electron chi connectivity index (χ0n) is 21.5. The van der Waals surface area contributed by atoms with Gasteiger partial charge in [-0.2, -0.15) is 0 Å². The highest BCUT2D eigenvalue weighted by molar-refractivity contribution is 7.94. The molecule has 0 N–H and O–H groups in total. The molecule has 4 aromatic carbocycles. The van der Waals surface area contributed by atoms with E-state index in [4.69, 9.17) is 0 Å². The number of rotatable bonds is 7. The van der Waals surface area contributed by atoms with Gasteiger partial charge in [-0.3, -0.25) is 0 Å². The predicted octanol–water partition coefficient (Wildman–Crippen LogP) is 5.42. The first-order valence-electron chi connectivity index (χ1n) is 12.4. The van der Waals surface area contributed by atoms with Gasteiger partial charge in [-0.15, -0.1) is 0 Å². The molecule has 0 aliphatic rings. The highest BCUT2D eigenvalue weighted by Crippen LogP contribution is 2.35. The van der Waals surface area contributed by atoms with Gasteiger partial charge >= 0.3 is 0 Å². The molecule has 174 valence electrons. The van der Waals surface area contributed by atoms with Crippen LogP contribution in [-0.4, -0.2) is 29.4 Å². The summed E-state index contributed by atoms with van der Waals surface area (Å²) in [4.78, 5) is 0. The summed E-state index contributed by atoms with van der Waals surface area (Å²) in [6.07, 6.45) is 0. The molecule has 34 heavy (non-hydrogen) atoms. The van der Waals surface area contributed by atoms with Gasteiger partial charge in [0.15, 0.2) is 0 Å². The summed E-state index contributed by atoms with van der Waals surface area (Å²) in [5.41, 5.74) is 0. The predicted molar refractivity (Wildman–Crippen MR) is 163 cm³/mol. The SMILES string of the molecule is C[Si](C)(C)[Si](c1ccccc1)(c1ccccc1)[Si](c1ccccc1)(c1ccccc1)[Si](C)(C)C. The van der Waals surface area contributed by atoms with Gasteiger partial charge in [0, 0.05) is 15.2 Å². The van der Waals surface area contributed by atoms with Gasteiger partial charge in [0.2, 0.25) is 0 Å². The van der Waals surface area contributed by atoms with Crippen LogP contribution < -0.4 is 20.7 Å². The monoisotopic (exact) mass is 510 g/mol. The lowest BCUT2D eigenvalue weighted by Crippen LogP contribution is -2.99. The van der Waals surface area contributed by atoms with Crippen LogP contribution in [0.4, 0.5) is 0 Å². The fourth-order valence-corrected chi connectivity index (χ4v) is 89.7. The van der Waals surface area contributed by atoms with Gasteiger partial charge in [0.25, 0.3) is 0 Å².